The fourth-order valence-corrected chi connectivity index (χ4v) is 1.84. The summed E-state index contributed by atoms with van der Waals surface area (Å²) in [7, 11) is 0. The van der Waals surface area contributed by atoms with E-state index in [1.54, 1.807) is 22.9 Å². The van der Waals surface area contributed by atoms with Crippen molar-refractivity contribution >= 4 is 51.8 Å². The number of halogens is 2. The molecule has 0 radical (unpaired) electrons. The Hall–Kier alpha value is -0.372. The summed E-state index contributed by atoms with van der Waals surface area (Å²) in [6, 6.07) is 3.74. The smallest absolute Gasteiger partial charge is 0.147 e. The van der Waals surface area contributed by atoms with Crippen molar-refractivity contribution in [3.63, 3.8) is 0 Å². The zero-order chi connectivity index (χ0) is 10.8. The van der Waals surface area contributed by atoms with Crippen LogP contribution in [0.2, 0.25) is 10.2 Å². The van der Waals surface area contributed by atoms with Crippen LogP contribution in [0.5, 0.6) is 5.88 Å². The van der Waals surface area contributed by atoms with Gasteiger partial charge in [-0.15, -0.1) is 12.4 Å². The van der Waals surface area contributed by atoms with Gasteiger partial charge in [0.15, 0.2) is 0 Å². The molecule has 0 aliphatic carbocycles. The summed E-state index contributed by atoms with van der Waals surface area (Å²) < 4.78 is 10.7. The Morgan fingerprint density at radius 2 is 2.25 bits per heavy atom. The Bertz CT molecular complexity index is 487. The van der Waals surface area contributed by atoms with E-state index in [-0.39, 0.29) is 12.4 Å². The normalized spacial score (nSPS) is 10.2. The van der Waals surface area contributed by atoms with E-state index in [1.807, 2.05) is 13.0 Å². The average Bonchev–Trinajstić information content (AvgIpc) is 2.65. The van der Waals surface area contributed by atoms with E-state index in [0.717, 1.165) is 16.2 Å². The molecule has 0 fully saturated rings. The second-order valence-corrected chi connectivity index (χ2v) is 4.81. The zero-order valence-corrected chi connectivity index (χ0v) is 12.7. The van der Waals surface area contributed by atoms with Gasteiger partial charge in [0.25, 0.3) is 0 Å². The van der Waals surface area contributed by atoms with Gasteiger partial charge in [-0.3, -0.25) is 0 Å². The minimum absolute atomic E-state index is 0. The summed E-state index contributed by atoms with van der Waals surface area (Å²) in [5, 5.41) is 6.33. The summed E-state index contributed by atoms with van der Waals surface area (Å²) in [5.41, 5.74) is 1.67. The van der Waals surface area contributed by atoms with Gasteiger partial charge in [0.05, 0.1) is 0 Å². The van der Waals surface area contributed by atoms with Crippen LogP contribution in [-0.4, -0.2) is 28.6 Å². The fraction of sp³-hybridized carbons (Fsp3) is 0.300. The van der Waals surface area contributed by atoms with Crippen molar-refractivity contribution in [3.05, 3.63) is 22.7 Å². The molecule has 0 N–H and O–H groups in total. The predicted octanol–water partition coefficient (Wildman–Crippen LogP) is 2.64. The molecule has 1 unspecified atom stereocenters. The molecule has 0 aliphatic rings. The van der Waals surface area contributed by atoms with E-state index in [0.29, 0.717) is 23.1 Å². The number of benzene rings is 1. The van der Waals surface area contributed by atoms with Gasteiger partial charge in [0.2, 0.25) is 0 Å². The molecule has 88 valence electrons. The average molecular weight is 324 g/mol. The molecule has 0 bridgehead atoms. The van der Waals surface area contributed by atoms with Crippen LogP contribution in [0.15, 0.2) is 16.7 Å². The summed E-state index contributed by atoms with van der Waals surface area (Å²) in [4.78, 5) is 0. The zero-order valence-electron chi connectivity index (χ0n) is 8.70. The summed E-state index contributed by atoms with van der Waals surface area (Å²) in [6.07, 6.45) is 0. The van der Waals surface area contributed by atoms with E-state index < -0.39 is 0 Å². The standard InChI is InChI=1S/C10H11AsClNO2.ClH/c1-6-2-3-7(12)9-8(6)10(13-15-9)14-5-4-11;/h2-3H,4-5,11H2,1H3;1H. The van der Waals surface area contributed by atoms with Gasteiger partial charge in [-0.1, -0.05) is 0 Å². The van der Waals surface area contributed by atoms with Gasteiger partial charge >= 0.3 is 101 Å². The first kappa shape index (κ1) is 13.7. The van der Waals surface area contributed by atoms with Gasteiger partial charge in [0, 0.05) is 0 Å². The Kier molecular flexibility index (Phi) is 4.97. The van der Waals surface area contributed by atoms with E-state index in [4.69, 9.17) is 20.9 Å². The van der Waals surface area contributed by atoms with Crippen LogP contribution < -0.4 is 4.74 Å². The van der Waals surface area contributed by atoms with Crippen LogP contribution in [0.3, 0.4) is 0 Å². The third-order valence-electron chi connectivity index (χ3n) is 2.11. The summed E-state index contributed by atoms with van der Waals surface area (Å²) in [6.45, 7) is 2.65. The Morgan fingerprint density at radius 3 is 2.94 bits per heavy atom. The van der Waals surface area contributed by atoms with Crippen LogP contribution in [-0.2, 0) is 0 Å². The maximum Gasteiger partial charge on any atom is -0.147 e. The molecule has 0 saturated heterocycles. The Morgan fingerprint density at radius 1 is 1.50 bits per heavy atom. The van der Waals surface area contributed by atoms with Gasteiger partial charge < -0.3 is 0 Å². The van der Waals surface area contributed by atoms with Crippen LogP contribution in [0, 0.1) is 6.92 Å². The van der Waals surface area contributed by atoms with E-state index in [9.17, 15) is 0 Å². The van der Waals surface area contributed by atoms with Crippen LogP contribution in [0.25, 0.3) is 11.0 Å². The van der Waals surface area contributed by atoms with Gasteiger partial charge in [-0.25, -0.2) is 0 Å². The van der Waals surface area contributed by atoms with Crippen molar-refractivity contribution in [3.8, 4) is 5.88 Å². The number of aryl methyl sites for hydroxylation is 1. The first-order valence-electron chi connectivity index (χ1n) is 4.61. The van der Waals surface area contributed by atoms with Crippen LogP contribution >= 0.6 is 24.0 Å². The Balaban J connectivity index is 0.00000128. The molecule has 16 heavy (non-hydrogen) atoms. The third kappa shape index (κ3) is 2.48. The Labute approximate surface area is 113 Å². The number of fused-ring (bicyclic) bond motifs is 1. The molecular formula is C10H12AsCl2NO2. The van der Waals surface area contributed by atoms with E-state index >= 15 is 0 Å². The van der Waals surface area contributed by atoms with Gasteiger partial charge in [-0.05, 0) is 0 Å². The molecule has 0 aliphatic heterocycles. The molecular weight excluding hydrogens is 312 g/mol. The maximum atomic E-state index is 5.99. The van der Waals surface area contributed by atoms with Crippen molar-refractivity contribution < 1.29 is 9.26 Å². The number of hydrogen-bond donors (Lipinski definition) is 0. The largest absolute Gasteiger partial charge is 0.147 e. The molecule has 3 nitrogen and oxygen atoms in total. The van der Waals surface area contributed by atoms with Crippen LogP contribution in [0.1, 0.15) is 5.56 Å². The van der Waals surface area contributed by atoms with Crippen molar-refractivity contribution in [2.24, 2.45) is 0 Å². The van der Waals surface area contributed by atoms with Crippen molar-refractivity contribution in [2.75, 3.05) is 6.61 Å². The topological polar surface area (TPSA) is 35.3 Å². The molecule has 1 aromatic carbocycles. The maximum absolute atomic E-state index is 5.99. The monoisotopic (exact) mass is 323 g/mol. The SMILES string of the molecule is Cc1ccc(Cl)c2onc(OCC[AsH2])c12.Cl. The number of aromatic nitrogens is 1. The van der Waals surface area contributed by atoms with Gasteiger partial charge in [0.1, 0.15) is 0 Å². The first-order valence-corrected chi connectivity index (χ1v) is 6.70. The van der Waals surface area contributed by atoms with Crippen molar-refractivity contribution in [2.45, 2.75) is 12.1 Å². The quantitative estimate of drug-likeness (QED) is 0.815. The first-order chi connectivity index (χ1) is 7.24. The van der Waals surface area contributed by atoms with Crippen molar-refractivity contribution in [1.82, 2.24) is 5.16 Å². The minimum Gasteiger partial charge on any atom is -0.147 e. The molecule has 0 spiro atoms. The van der Waals surface area contributed by atoms with Gasteiger partial charge in [-0.2, -0.15) is 0 Å². The third-order valence-corrected chi connectivity index (χ3v) is 2.90. The molecule has 1 heterocycles. The molecule has 2 aromatic rings. The molecule has 0 amide bonds. The summed E-state index contributed by atoms with van der Waals surface area (Å²) >= 11 is 7.62. The molecule has 6 heteroatoms. The molecule has 2 rings (SSSR count). The fourth-order valence-electron chi connectivity index (χ4n) is 1.40. The number of rotatable bonds is 3. The molecule has 0 saturated carbocycles. The van der Waals surface area contributed by atoms with Crippen LogP contribution in [0.4, 0.5) is 0 Å². The minimum atomic E-state index is 0. The number of hydrogen-bond acceptors (Lipinski definition) is 3. The summed E-state index contributed by atoms with van der Waals surface area (Å²) in [5.74, 6) is 0.544. The van der Waals surface area contributed by atoms with E-state index in [2.05, 4.69) is 5.16 Å². The second-order valence-electron chi connectivity index (χ2n) is 3.19. The number of nitrogens with zero attached hydrogens (tertiary/aromatic N) is 1. The van der Waals surface area contributed by atoms with Crippen molar-refractivity contribution in [1.29, 1.82) is 0 Å². The molecule has 1 aromatic heterocycles. The van der Waals surface area contributed by atoms with E-state index in [1.165, 1.54) is 0 Å². The second kappa shape index (κ2) is 5.81. The number of ether oxygens (including phenoxy) is 1. The predicted molar refractivity (Wildman–Crippen MR) is 69.9 cm³/mol. The molecule has 1 atom stereocenters.